The van der Waals surface area contributed by atoms with Crippen molar-refractivity contribution in [3.63, 3.8) is 0 Å². The van der Waals surface area contributed by atoms with E-state index < -0.39 is 0 Å². The maximum Gasteiger partial charge on any atom is 0.306 e. The number of aromatic nitrogens is 6. The molecule has 0 saturated carbocycles. The molecule has 1 aromatic carbocycles. The normalized spacial score (nSPS) is 11.5. The molecule has 8 nitrogen and oxygen atoms in total. The van der Waals surface area contributed by atoms with E-state index in [1.54, 1.807) is 17.9 Å². The smallest absolute Gasteiger partial charge is 0.306 e. The van der Waals surface area contributed by atoms with E-state index in [2.05, 4.69) is 15.2 Å². The van der Waals surface area contributed by atoms with Gasteiger partial charge in [-0.3, -0.25) is 14.0 Å². The zero-order chi connectivity index (χ0) is 20.0. The number of aryl methyl sites for hydroxylation is 2. The van der Waals surface area contributed by atoms with Crippen LogP contribution in [0.1, 0.15) is 25.6 Å². The number of rotatable bonds is 4. The largest absolute Gasteiger partial charge is 0.425 e. The van der Waals surface area contributed by atoms with Gasteiger partial charge in [-0.2, -0.15) is 15.2 Å². The molecule has 28 heavy (non-hydrogen) atoms. The summed E-state index contributed by atoms with van der Waals surface area (Å²) in [4.78, 5) is 17.2. The second-order valence-corrected chi connectivity index (χ2v) is 7.10. The molecule has 0 unspecified atom stereocenters. The van der Waals surface area contributed by atoms with E-state index in [0.717, 1.165) is 17.0 Å². The Bertz CT molecular complexity index is 1190. The van der Waals surface area contributed by atoms with Crippen LogP contribution >= 0.6 is 0 Å². The van der Waals surface area contributed by atoms with Crippen LogP contribution in [0.5, 0.6) is 11.8 Å². The lowest BCUT2D eigenvalue weighted by molar-refractivity contribution is 0.413. The van der Waals surface area contributed by atoms with Crippen LogP contribution in [-0.2, 0) is 14.1 Å². The fourth-order valence-electron chi connectivity index (χ4n) is 3.02. The minimum atomic E-state index is -0.188. The van der Waals surface area contributed by atoms with E-state index in [1.165, 1.54) is 4.57 Å². The summed E-state index contributed by atoms with van der Waals surface area (Å²) in [5, 5.41) is 9.23. The van der Waals surface area contributed by atoms with Gasteiger partial charge < -0.3 is 4.74 Å². The first-order valence-corrected chi connectivity index (χ1v) is 9.08. The Balaban J connectivity index is 1.69. The SMILES string of the molecule is Cc1cc(-c2ccc(Oc3nc4c(cnn4C(C)C)c(=O)n3C)cc2)nn1C. The third kappa shape index (κ3) is 2.96. The molecule has 0 aliphatic carbocycles. The molecule has 0 aliphatic rings. The first kappa shape index (κ1) is 18.0. The Hall–Kier alpha value is -3.42. The van der Waals surface area contributed by atoms with E-state index >= 15 is 0 Å². The molecule has 0 spiro atoms. The highest BCUT2D eigenvalue weighted by Gasteiger charge is 2.16. The number of nitrogens with zero attached hydrogens (tertiary/aromatic N) is 6. The second kappa shape index (κ2) is 6.63. The zero-order valence-electron chi connectivity index (χ0n) is 16.5. The lowest BCUT2D eigenvalue weighted by Gasteiger charge is -2.11. The van der Waals surface area contributed by atoms with Gasteiger partial charge in [-0.25, -0.2) is 4.68 Å². The van der Waals surface area contributed by atoms with Crippen LogP contribution < -0.4 is 10.3 Å². The van der Waals surface area contributed by atoms with E-state index in [0.29, 0.717) is 16.8 Å². The molecule has 4 aromatic rings. The summed E-state index contributed by atoms with van der Waals surface area (Å²) in [5.41, 5.74) is 3.32. The quantitative estimate of drug-likeness (QED) is 0.545. The first-order valence-electron chi connectivity index (χ1n) is 9.08. The highest BCUT2D eigenvalue weighted by molar-refractivity contribution is 5.73. The average Bonchev–Trinajstić information content (AvgIpc) is 3.24. The van der Waals surface area contributed by atoms with Gasteiger partial charge in [0.25, 0.3) is 5.56 Å². The molecule has 0 saturated heterocycles. The topological polar surface area (TPSA) is 79.8 Å². The molecule has 144 valence electrons. The molecule has 0 aliphatic heterocycles. The van der Waals surface area contributed by atoms with Crippen molar-refractivity contribution >= 4 is 11.0 Å². The number of fused-ring (bicyclic) bond motifs is 1. The third-order valence-corrected chi connectivity index (χ3v) is 4.75. The number of ether oxygens (including phenoxy) is 1. The minimum Gasteiger partial charge on any atom is -0.425 e. The molecular weight excluding hydrogens is 356 g/mol. The molecule has 0 fully saturated rings. The predicted octanol–water partition coefficient (Wildman–Crippen LogP) is 3.21. The maximum atomic E-state index is 12.6. The lowest BCUT2D eigenvalue weighted by atomic mass is 10.1. The molecule has 0 radical (unpaired) electrons. The van der Waals surface area contributed by atoms with Crippen molar-refractivity contribution in [1.29, 1.82) is 0 Å². The van der Waals surface area contributed by atoms with Crippen LogP contribution in [0.4, 0.5) is 0 Å². The van der Waals surface area contributed by atoms with Crippen molar-refractivity contribution in [2.75, 3.05) is 0 Å². The van der Waals surface area contributed by atoms with Crippen molar-refractivity contribution in [3.05, 3.63) is 52.6 Å². The molecule has 4 rings (SSSR count). The van der Waals surface area contributed by atoms with Crippen LogP contribution in [0.3, 0.4) is 0 Å². The molecule has 0 bridgehead atoms. The molecular formula is C20H22N6O2. The Labute approximate surface area is 162 Å². The third-order valence-electron chi connectivity index (χ3n) is 4.75. The van der Waals surface area contributed by atoms with Crippen molar-refractivity contribution in [1.82, 2.24) is 29.1 Å². The van der Waals surface area contributed by atoms with Gasteiger partial charge >= 0.3 is 6.01 Å². The van der Waals surface area contributed by atoms with Crippen molar-refractivity contribution in [2.45, 2.75) is 26.8 Å². The molecule has 3 aromatic heterocycles. The van der Waals surface area contributed by atoms with Crippen LogP contribution in [0.15, 0.2) is 41.3 Å². The predicted molar refractivity (Wildman–Crippen MR) is 107 cm³/mol. The summed E-state index contributed by atoms with van der Waals surface area (Å²) in [6.07, 6.45) is 1.55. The van der Waals surface area contributed by atoms with Gasteiger partial charge in [-0.05, 0) is 51.1 Å². The summed E-state index contributed by atoms with van der Waals surface area (Å²) in [6.45, 7) is 5.99. The Morgan fingerprint density at radius 1 is 1.11 bits per heavy atom. The van der Waals surface area contributed by atoms with Crippen LogP contribution in [0.25, 0.3) is 22.3 Å². The van der Waals surface area contributed by atoms with Gasteiger partial charge in [0.05, 0.1) is 11.9 Å². The summed E-state index contributed by atoms with van der Waals surface area (Å²) >= 11 is 0. The Morgan fingerprint density at radius 2 is 1.82 bits per heavy atom. The van der Waals surface area contributed by atoms with E-state index in [9.17, 15) is 4.79 Å². The van der Waals surface area contributed by atoms with Crippen molar-refractivity contribution < 1.29 is 4.74 Å². The Kier molecular flexibility index (Phi) is 4.26. The number of hydrogen-bond acceptors (Lipinski definition) is 5. The Morgan fingerprint density at radius 3 is 2.43 bits per heavy atom. The van der Waals surface area contributed by atoms with Gasteiger partial charge in [0.1, 0.15) is 11.1 Å². The first-order chi connectivity index (χ1) is 13.3. The summed E-state index contributed by atoms with van der Waals surface area (Å²) in [5.74, 6) is 0.592. The van der Waals surface area contributed by atoms with E-state index in [1.807, 2.05) is 62.8 Å². The van der Waals surface area contributed by atoms with Crippen LogP contribution in [0.2, 0.25) is 0 Å². The van der Waals surface area contributed by atoms with Gasteiger partial charge in [0.2, 0.25) is 0 Å². The highest BCUT2D eigenvalue weighted by atomic mass is 16.5. The van der Waals surface area contributed by atoms with Gasteiger partial charge in [-0.15, -0.1) is 0 Å². The number of benzene rings is 1. The highest BCUT2D eigenvalue weighted by Crippen LogP contribution is 2.25. The monoisotopic (exact) mass is 378 g/mol. The van der Waals surface area contributed by atoms with Crippen molar-refractivity contribution in [3.8, 4) is 23.0 Å². The second-order valence-electron chi connectivity index (χ2n) is 7.10. The maximum absolute atomic E-state index is 12.6. The fourth-order valence-corrected chi connectivity index (χ4v) is 3.02. The fraction of sp³-hybridized carbons (Fsp3) is 0.300. The molecule has 8 heteroatoms. The molecule has 0 atom stereocenters. The molecule has 0 amide bonds. The minimum absolute atomic E-state index is 0.0890. The number of hydrogen-bond donors (Lipinski definition) is 0. The van der Waals surface area contributed by atoms with Gasteiger partial charge in [0.15, 0.2) is 5.65 Å². The summed E-state index contributed by atoms with van der Waals surface area (Å²) < 4.78 is 10.9. The summed E-state index contributed by atoms with van der Waals surface area (Å²) in [7, 11) is 3.56. The van der Waals surface area contributed by atoms with Crippen LogP contribution in [-0.4, -0.2) is 29.1 Å². The lowest BCUT2D eigenvalue weighted by Crippen LogP contribution is -2.20. The average molecular weight is 378 g/mol. The standard InChI is InChI=1S/C20H22N6O2/c1-12(2)26-18-16(11-21-26)19(27)24(4)20(22-18)28-15-8-6-14(7-9-15)17-10-13(3)25(5)23-17/h6-12H,1-5H3. The molecule has 3 heterocycles. The molecule has 0 N–H and O–H groups in total. The zero-order valence-corrected chi connectivity index (χ0v) is 16.5. The van der Waals surface area contributed by atoms with E-state index in [-0.39, 0.29) is 17.6 Å². The van der Waals surface area contributed by atoms with Crippen molar-refractivity contribution in [2.24, 2.45) is 14.1 Å². The summed E-state index contributed by atoms with van der Waals surface area (Å²) in [6, 6.07) is 9.90. The van der Waals surface area contributed by atoms with Gasteiger partial charge in [-0.1, -0.05) is 0 Å². The van der Waals surface area contributed by atoms with E-state index in [4.69, 9.17) is 4.74 Å². The van der Waals surface area contributed by atoms with Gasteiger partial charge in [0, 0.05) is 31.4 Å². The van der Waals surface area contributed by atoms with Crippen LogP contribution in [0, 0.1) is 6.92 Å².